The largest absolute Gasteiger partial charge is 0.494 e. The smallest absolute Gasteiger partial charge is 0.119 e. The van der Waals surface area contributed by atoms with Crippen molar-refractivity contribution < 1.29 is 4.74 Å². The second-order valence-electron chi connectivity index (χ2n) is 4.31. The maximum atomic E-state index is 5.61. The normalized spacial score (nSPS) is 12.4. The van der Waals surface area contributed by atoms with Crippen LogP contribution in [0.4, 0.5) is 0 Å². The fraction of sp³-hybridized carbons (Fsp3) is 0.600. The SMILES string of the molecule is CCCOc1ccc(C(CCSC)NCC)cc1. The van der Waals surface area contributed by atoms with Gasteiger partial charge >= 0.3 is 0 Å². The van der Waals surface area contributed by atoms with Gasteiger partial charge in [0.15, 0.2) is 0 Å². The molecule has 0 spiro atoms. The molecule has 0 fully saturated rings. The van der Waals surface area contributed by atoms with E-state index in [1.807, 2.05) is 11.8 Å². The van der Waals surface area contributed by atoms with E-state index in [9.17, 15) is 0 Å². The highest BCUT2D eigenvalue weighted by Gasteiger charge is 2.09. The highest BCUT2D eigenvalue weighted by molar-refractivity contribution is 7.98. The molecule has 1 aromatic rings. The minimum absolute atomic E-state index is 0.461. The molecule has 0 bridgehead atoms. The topological polar surface area (TPSA) is 21.3 Å². The third-order valence-corrected chi connectivity index (χ3v) is 3.46. The molecule has 0 saturated carbocycles. The predicted molar refractivity (Wildman–Crippen MR) is 81.6 cm³/mol. The molecule has 0 aromatic heterocycles. The number of hydrogen-bond donors (Lipinski definition) is 1. The molecule has 0 saturated heterocycles. The molecule has 1 unspecified atom stereocenters. The molecule has 0 aliphatic heterocycles. The van der Waals surface area contributed by atoms with Crippen molar-refractivity contribution >= 4 is 11.8 Å². The van der Waals surface area contributed by atoms with E-state index in [-0.39, 0.29) is 0 Å². The van der Waals surface area contributed by atoms with Gasteiger partial charge in [-0.2, -0.15) is 11.8 Å². The first kappa shape index (κ1) is 15.4. The molecule has 1 N–H and O–H groups in total. The molecule has 1 atom stereocenters. The minimum Gasteiger partial charge on any atom is -0.494 e. The molecule has 0 amide bonds. The second kappa shape index (κ2) is 9.29. The lowest BCUT2D eigenvalue weighted by Gasteiger charge is -2.18. The summed E-state index contributed by atoms with van der Waals surface area (Å²) in [6.45, 7) is 6.08. The number of benzene rings is 1. The van der Waals surface area contributed by atoms with Crippen molar-refractivity contribution in [3.8, 4) is 5.75 Å². The van der Waals surface area contributed by atoms with Gasteiger partial charge in [0.2, 0.25) is 0 Å². The van der Waals surface area contributed by atoms with Crippen molar-refractivity contribution in [2.24, 2.45) is 0 Å². The fourth-order valence-electron chi connectivity index (χ4n) is 1.88. The zero-order valence-electron chi connectivity index (χ0n) is 11.7. The van der Waals surface area contributed by atoms with Crippen LogP contribution in [0.25, 0.3) is 0 Å². The first-order valence-electron chi connectivity index (χ1n) is 6.76. The lowest BCUT2D eigenvalue weighted by Crippen LogP contribution is -2.21. The Hall–Kier alpha value is -0.670. The summed E-state index contributed by atoms with van der Waals surface area (Å²) >= 11 is 1.90. The van der Waals surface area contributed by atoms with Crippen LogP contribution in [0, 0.1) is 0 Å². The lowest BCUT2D eigenvalue weighted by atomic mass is 10.0. The zero-order valence-corrected chi connectivity index (χ0v) is 12.6. The van der Waals surface area contributed by atoms with Gasteiger partial charge in [-0.3, -0.25) is 0 Å². The monoisotopic (exact) mass is 267 g/mol. The van der Waals surface area contributed by atoms with Gasteiger partial charge in [0.1, 0.15) is 5.75 Å². The summed E-state index contributed by atoms with van der Waals surface area (Å²) in [5.74, 6) is 2.16. The van der Waals surface area contributed by atoms with Gasteiger partial charge < -0.3 is 10.1 Å². The first-order valence-corrected chi connectivity index (χ1v) is 8.16. The van der Waals surface area contributed by atoms with Crippen molar-refractivity contribution in [1.29, 1.82) is 0 Å². The molecule has 0 radical (unpaired) electrons. The van der Waals surface area contributed by atoms with Crippen LogP contribution in [0.3, 0.4) is 0 Å². The van der Waals surface area contributed by atoms with E-state index in [1.165, 1.54) is 17.7 Å². The second-order valence-corrected chi connectivity index (χ2v) is 5.29. The molecule has 0 aliphatic carbocycles. The minimum atomic E-state index is 0.461. The summed E-state index contributed by atoms with van der Waals surface area (Å²) < 4.78 is 5.61. The Kier molecular flexibility index (Phi) is 7.94. The zero-order chi connectivity index (χ0) is 13.2. The van der Waals surface area contributed by atoms with Gasteiger partial charge in [0.25, 0.3) is 0 Å². The summed E-state index contributed by atoms with van der Waals surface area (Å²) in [6, 6.07) is 8.97. The Morgan fingerprint density at radius 3 is 2.50 bits per heavy atom. The molecule has 1 rings (SSSR count). The van der Waals surface area contributed by atoms with E-state index in [0.29, 0.717) is 6.04 Å². The third-order valence-electron chi connectivity index (χ3n) is 2.82. The number of nitrogens with one attached hydrogen (secondary N) is 1. The Balaban J connectivity index is 2.61. The van der Waals surface area contributed by atoms with Crippen molar-refractivity contribution in [3.05, 3.63) is 29.8 Å². The van der Waals surface area contributed by atoms with Gasteiger partial charge in [-0.25, -0.2) is 0 Å². The van der Waals surface area contributed by atoms with Crippen LogP contribution in [0.1, 0.15) is 38.3 Å². The average molecular weight is 267 g/mol. The maximum Gasteiger partial charge on any atom is 0.119 e. The van der Waals surface area contributed by atoms with Gasteiger partial charge in [0.05, 0.1) is 6.61 Å². The Labute approximate surface area is 116 Å². The lowest BCUT2D eigenvalue weighted by molar-refractivity contribution is 0.317. The van der Waals surface area contributed by atoms with E-state index >= 15 is 0 Å². The van der Waals surface area contributed by atoms with Crippen LogP contribution in [-0.4, -0.2) is 25.2 Å². The van der Waals surface area contributed by atoms with Crippen molar-refractivity contribution in [3.63, 3.8) is 0 Å². The Bertz CT molecular complexity index is 313. The molecule has 102 valence electrons. The highest BCUT2D eigenvalue weighted by atomic mass is 32.2. The van der Waals surface area contributed by atoms with Crippen LogP contribution in [-0.2, 0) is 0 Å². The van der Waals surface area contributed by atoms with Crippen molar-refractivity contribution in [2.75, 3.05) is 25.2 Å². The number of hydrogen-bond acceptors (Lipinski definition) is 3. The van der Waals surface area contributed by atoms with Crippen LogP contribution in [0.5, 0.6) is 5.75 Å². The van der Waals surface area contributed by atoms with Crippen LogP contribution < -0.4 is 10.1 Å². The van der Waals surface area contributed by atoms with Crippen LogP contribution >= 0.6 is 11.8 Å². The predicted octanol–water partition coefficient (Wildman–Crippen LogP) is 3.88. The standard InChI is InChI=1S/C15H25NOS/c1-4-11-17-14-8-6-13(7-9-14)15(16-5-2)10-12-18-3/h6-9,15-16H,4-5,10-12H2,1-3H3. The quantitative estimate of drug-likeness (QED) is 0.733. The molecular weight excluding hydrogens is 242 g/mol. The fourth-order valence-corrected chi connectivity index (χ4v) is 2.36. The van der Waals surface area contributed by atoms with Gasteiger partial charge in [-0.15, -0.1) is 0 Å². The molecule has 0 aliphatic rings. The Morgan fingerprint density at radius 2 is 1.94 bits per heavy atom. The van der Waals surface area contributed by atoms with Gasteiger partial charge in [0, 0.05) is 6.04 Å². The van der Waals surface area contributed by atoms with Gasteiger partial charge in [-0.05, 0) is 49.1 Å². The van der Waals surface area contributed by atoms with Crippen molar-refractivity contribution in [2.45, 2.75) is 32.7 Å². The molecule has 0 heterocycles. The summed E-state index contributed by atoms with van der Waals surface area (Å²) in [5.41, 5.74) is 1.36. The Morgan fingerprint density at radius 1 is 1.22 bits per heavy atom. The van der Waals surface area contributed by atoms with E-state index in [4.69, 9.17) is 4.74 Å². The van der Waals surface area contributed by atoms with E-state index < -0.39 is 0 Å². The first-order chi connectivity index (χ1) is 8.81. The summed E-state index contributed by atoms with van der Waals surface area (Å²) in [5, 5.41) is 3.54. The van der Waals surface area contributed by atoms with E-state index in [1.54, 1.807) is 0 Å². The van der Waals surface area contributed by atoms with Gasteiger partial charge in [-0.1, -0.05) is 26.0 Å². The molecular formula is C15H25NOS. The molecule has 18 heavy (non-hydrogen) atoms. The number of ether oxygens (including phenoxy) is 1. The number of thioether (sulfide) groups is 1. The third kappa shape index (κ3) is 5.32. The van der Waals surface area contributed by atoms with Crippen molar-refractivity contribution in [1.82, 2.24) is 5.32 Å². The van der Waals surface area contributed by atoms with E-state index in [0.717, 1.165) is 25.3 Å². The number of rotatable bonds is 9. The van der Waals surface area contributed by atoms with E-state index in [2.05, 4.69) is 49.7 Å². The highest BCUT2D eigenvalue weighted by Crippen LogP contribution is 2.21. The van der Waals surface area contributed by atoms with Crippen LogP contribution in [0.15, 0.2) is 24.3 Å². The molecule has 1 aromatic carbocycles. The summed E-state index contributed by atoms with van der Waals surface area (Å²) in [4.78, 5) is 0. The average Bonchev–Trinajstić information content (AvgIpc) is 2.42. The maximum absolute atomic E-state index is 5.61. The molecule has 2 nitrogen and oxygen atoms in total. The summed E-state index contributed by atoms with van der Waals surface area (Å²) in [6.07, 6.45) is 4.38. The molecule has 3 heteroatoms. The summed E-state index contributed by atoms with van der Waals surface area (Å²) in [7, 11) is 0. The van der Waals surface area contributed by atoms with Crippen LogP contribution in [0.2, 0.25) is 0 Å².